The minimum absolute atomic E-state index is 1.12. The first kappa shape index (κ1) is 31.4. The van der Waals surface area contributed by atoms with Crippen LogP contribution < -0.4 is 0 Å². The van der Waals surface area contributed by atoms with Crippen LogP contribution in [0.15, 0.2) is 133 Å². The average Bonchev–Trinajstić information content (AvgIpc) is 3.97. The van der Waals surface area contributed by atoms with Crippen molar-refractivity contribution in [2.45, 2.75) is 19.8 Å². The van der Waals surface area contributed by atoms with Crippen LogP contribution in [0.2, 0.25) is 0 Å². The predicted octanol–water partition coefficient (Wildman–Crippen LogP) is 16.6. The van der Waals surface area contributed by atoms with Crippen molar-refractivity contribution in [3.8, 4) is 11.1 Å². The van der Waals surface area contributed by atoms with E-state index >= 15 is 0 Å². The number of fused-ring (bicyclic) bond motifs is 12. The summed E-state index contributed by atoms with van der Waals surface area (Å²) in [6.07, 6.45) is 18.3. The predicted molar refractivity (Wildman–Crippen MR) is 242 cm³/mol. The fraction of sp³-hybridized carbons (Fsp3) is 0.0612. The average molecular weight is 749 g/mol. The normalized spacial score (nSPS) is 13.9. The Morgan fingerprint density at radius 1 is 0.472 bits per heavy atom. The molecule has 1 aliphatic carbocycles. The van der Waals surface area contributed by atoms with E-state index in [2.05, 4.69) is 159 Å². The number of hydrogen-bond donors (Lipinski definition) is 0. The molecule has 0 bridgehead atoms. The molecule has 0 aliphatic heterocycles. The lowest BCUT2D eigenvalue weighted by Crippen LogP contribution is -1.85. The molecule has 0 saturated heterocycles. The number of allylic oxidation sites excluding steroid dienone is 5. The van der Waals surface area contributed by atoms with Gasteiger partial charge in [0, 0.05) is 62.2 Å². The quantitative estimate of drug-likeness (QED) is 0.164. The Kier molecular flexibility index (Phi) is 7.41. The monoisotopic (exact) mass is 748 g/mol. The second kappa shape index (κ2) is 12.5. The van der Waals surface area contributed by atoms with Gasteiger partial charge in [0.1, 0.15) is 0 Å². The van der Waals surface area contributed by atoms with Gasteiger partial charge in [0.15, 0.2) is 0 Å². The van der Waals surface area contributed by atoms with Crippen LogP contribution >= 0.6 is 45.3 Å². The summed E-state index contributed by atoms with van der Waals surface area (Å²) in [6, 6.07) is 41.1. The summed E-state index contributed by atoms with van der Waals surface area (Å²) in [6.45, 7) is 2.12. The Morgan fingerprint density at radius 3 is 1.74 bits per heavy atom. The molecule has 11 rings (SSSR count). The van der Waals surface area contributed by atoms with E-state index in [1.165, 1.54) is 109 Å². The van der Waals surface area contributed by atoms with E-state index in [9.17, 15) is 0 Å². The molecule has 4 heteroatoms. The van der Waals surface area contributed by atoms with Crippen molar-refractivity contribution < 1.29 is 0 Å². The van der Waals surface area contributed by atoms with Gasteiger partial charge < -0.3 is 0 Å². The van der Waals surface area contributed by atoms with Gasteiger partial charge in [0.25, 0.3) is 0 Å². The summed E-state index contributed by atoms with van der Waals surface area (Å²) in [5.41, 5.74) is 7.73. The summed E-state index contributed by atoms with van der Waals surface area (Å²) in [5.74, 6) is 0. The topological polar surface area (TPSA) is 0 Å². The number of rotatable bonds is 5. The first-order valence-corrected chi connectivity index (χ1v) is 21.4. The molecule has 0 amide bonds. The van der Waals surface area contributed by atoms with E-state index in [0.29, 0.717) is 0 Å². The number of hydrogen-bond acceptors (Lipinski definition) is 4. The van der Waals surface area contributed by atoms with E-state index in [-0.39, 0.29) is 0 Å². The second-order valence-electron chi connectivity index (χ2n) is 13.8. The zero-order valence-electron chi connectivity index (χ0n) is 29.0. The molecule has 4 aromatic heterocycles. The Balaban J connectivity index is 0.991. The third-order valence-corrected chi connectivity index (χ3v) is 15.7. The summed E-state index contributed by atoms with van der Waals surface area (Å²) in [4.78, 5) is 1.31. The minimum Gasteiger partial charge on any atom is -0.134 e. The first-order chi connectivity index (χ1) is 26.2. The lowest BCUT2D eigenvalue weighted by atomic mass is 9.98. The highest BCUT2D eigenvalue weighted by atomic mass is 32.1. The van der Waals surface area contributed by atoms with Crippen LogP contribution in [-0.4, -0.2) is 0 Å². The highest BCUT2D eigenvalue weighted by Gasteiger charge is 2.17. The van der Waals surface area contributed by atoms with Crippen molar-refractivity contribution in [1.29, 1.82) is 0 Å². The van der Waals surface area contributed by atoms with Gasteiger partial charge in [-0.15, -0.1) is 45.3 Å². The molecule has 0 N–H and O–H groups in total. The van der Waals surface area contributed by atoms with Gasteiger partial charge in [-0.1, -0.05) is 109 Å². The molecular formula is C49H32S4. The van der Waals surface area contributed by atoms with Crippen molar-refractivity contribution in [3.05, 3.63) is 155 Å². The maximum Gasteiger partial charge on any atom is 0.0534 e. The molecule has 252 valence electrons. The highest BCUT2D eigenvalue weighted by Crippen LogP contribution is 2.47. The van der Waals surface area contributed by atoms with E-state index in [1.54, 1.807) is 0 Å². The largest absolute Gasteiger partial charge is 0.134 e. The molecule has 0 nitrogen and oxygen atoms in total. The highest BCUT2D eigenvalue weighted by molar-refractivity contribution is 7.33. The SMILES string of the molecule is C/C=C\c1sc2c(ccc3c4cc(C5=CCCC=C5)ccc4sc32)c1/C=C/c1ccc2sc3c(ccc4c5cc(-c6ccccc6)ccc5sc43)c2c1. The van der Waals surface area contributed by atoms with E-state index in [0.717, 1.165) is 12.8 Å². The maximum absolute atomic E-state index is 2.40. The van der Waals surface area contributed by atoms with Crippen LogP contribution in [0.3, 0.4) is 0 Å². The van der Waals surface area contributed by atoms with E-state index in [4.69, 9.17) is 0 Å². The van der Waals surface area contributed by atoms with Crippen LogP contribution in [0.1, 0.15) is 41.3 Å². The van der Waals surface area contributed by atoms with Crippen LogP contribution in [0, 0.1) is 0 Å². The fourth-order valence-electron chi connectivity index (χ4n) is 8.06. The lowest BCUT2D eigenvalue weighted by Gasteiger charge is -2.07. The lowest BCUT2D eigenvalue weighted by molar-refractivity contribution is 1.04. The molecule has 0 unspecified atom stereocenters. The summed E-state index contributed by atoms with van der Waals surface area (Å²) >= 11 is 7.71. The summed E-state index contributed by atoms with van der Waals surface area (Å²) < 4.78 is 9.62. The van der Waals surface area contributed by atoms with Crippen LogP contribution in [0.4, 0.5) is 0 Å². The first-order valence-electron chi connectivity index (χ1n) is 18.2. The smallest absolute Gasteiger partial charge is 0.0534 e. The van der Waals surface area contributed by atoms with Crippen molar-refractivity contribution in [2.24, 2.45) is 0 Å². The molecule has 0 atom stereocenters. The fourth-order valence-corrected chi connectivity index (χ4v) is 13.1. The maximum atomic E-state index is 2.40. The molecule has 0 saturated carbocycles. The van der Waals surface area contributed by atoms with Crippen LogP contribution in [-0.2, 0) is 0 Å². The molecule has 53 heavy (non-hydrogen) atoms. The molecule has 1 aliphatic rings. The van der Waals surface area contributed by atoms with Gasteiger partial charge in [-0.2, -0.15) is 0 Å². The Labute approximate surface area is 323 Å². The zero-order chi connectivity index (χ0) is 35.0. The Bertz CT molecular complexity index is 3220. The molecule has 0 fully saturated rings. The van der Waals surface area contributed by atoms with Crippen molar-refractivity contribution in [3.63, 3.8) is 0 Å². The van der Waals surface area contributed by atoms with Gasteiger partial charge in [0.05, 0.1) is 18.8 Å². The third-order valence-electron chi connectivity index (χ3n) is 10.7. The third kappa shape index (κ3) is 5.12. The Morgan fingerprint density at radius 2 is 1.08 bits per heavy atom. The minimum atomic E-state index is 1.12. The summed E-state index contributed by atoms with van der Waals surface area (Å²) in [7, 11) is 0. The molecular weight excluding hydrogens is 717 g/mol. The van der Waals surface area contributed by atoms with E-state index in [1.807, 2.05) is 45.3 Å². The van der Waals surface area contributed by atoms with Gasteiger partial charge in [-0.05, 0) is 90.1 Å². The van der Waals surface area contributed by atoms with Crippen molar-refractivity contribution >= 4 is 140 Å². The van der Waals surface area contributed by atoms with Crippen molar-refractivity contribution in [2.75, 3.05) is 0 Å². The number of thiophene rings is 4. The standard InChI is InChI=1S/C49H32S4/c1-2-9-42-34(35-19-20-37-40-27-32(30-10-5-3-6-11-30)16-24-44(40)52-48(37)46(35)50-42)18-14-29-15-23-43-39(26-29)36-21-22-38-41-28-33(31-12-7-4-8-13-31)17-25-45(41)53-49(38)47(36)51-43/h2,4-5,7-28H,3,6H2,1H3/b9-2-,18-14+. The molecule has 4 heterocycles. The molecule has 6 aromatic carbocycles. The zero-order valence-corrected chi connectivity index (χ0v) is 32.2. The molecule has 10 aromatic rings. The van der Waals surface area contributed by atoms with Gasteiger partial charge in [-0.25, -0.2) is 0 Å². The summed E-state index contributed by atoms with van der Waals surface area (Å²) in [5, 5.41) is 9.46. The number of benzene rings is 6. The van der Waals surface area contributed by atoms with E-state index < -0.39 is 0 Å². The van der Waals surface area contributed by atoms with Gasteiger partial charge >= 0.3 is 0 Å². The second-order valence-corrected chi connectivity index (χ2v) is 18.0. The van der Waals surface area contributed by atoms with Crippen LogP contribution in [0.5, 0.6) is 0 Å². The van der Waals surface area contributed by atoms with Crippen LogP contribution in [0.25, 0.3) is 106 Å². The van der Waals surface area contributed by atoms with Crippen molar-refractivity contribution in [1.82, 2.24) is 0 Å². The Hall–Kier alpha value is -5.10. The van der Waals surface area contributed by atoms with Gasteiger partial charge in [0.2, 0.25) is 0 Å². The molecule has 0 radical (unpaired) electrons. The van der Waals surface area contributed by atoms with Gasteiger partial charge in [-0.3, -0.25) is 0 Å². The molecule has 0 spiro atoms.